The predicted octanol–water partition coefficient (Wildman–Crippen LogP) is 2.80. The van der Waals surface area contributed by atoms with Gasteiger partial charge in [0.25, 0.3) is 0 Å². The molecule has 0 bridgehead atoms. The van der Waals surface area contributed by atoms with Crippen LogP contribution in [0.3, 0.4) is 0 Å². The first-order chi connectivity index (χ1) is 4.93. The molecular formula is C10H10. The Hall–Kier alpha value is -1.04. The zero-order valence-electron chi connectivity index (χ0n) is 6.04. The number of benzene rings is 1. The van der Waals surface area contributed by atoms with Crippen molar-refractivity contribution in [2.24, 2.45) is 0 Å². The molecule has 0 saturated carbocycles. The molecule has 0 heterocycles. The van der Waals surface area contributed by atoms with Gasteiger partial charge in [-0.25, -0.2) is 0 Å². The number of allylic oxidation sites excluding steroid dienone is 1. The molecule has 0 spiro atoms. The van der Waals surface area contributed by atoms with Crippen LogP contribution in [-0.2, 0) is 0 Å². The van der Waals surface area contributed by atoms with Crippen molar-refractivity contribution in [3.8, 4) is 0 Å². The molecular weight excluding hydrogens is 120 g/mol. The maximum atomic E-state index is 2.94. The Bertz CT molecular complexity index is 197. The molecule has 0 saturated heterocycles. The van der Waals surface area contributed by atoms with E-state index in [9.17, 15) is 0 Å². The van der Waals surface area contributed by atoms with Gasteiger partial charge in [0, 0.05) is 6.42 Å². The lowest BCUT2D eigenvalue weighted by Crippen LogP contribution is -1.66. The van der Waals surface area contributed by atoms with E-state index in [1.807, 2.05) is 37.3 Å². The average molecular weight is 130 g/mol. The zero-order valence-corrected chi connectivity index (χ0v) is 6.04. The third-order valence-electron chi connectivity index (χ3n) is 1.24. The molecule has 0 aliphatic carbocycles. The maximum absolute atomic E-state index is 2.94. The monoisotopic (exact) mass is 130 g/mol. The fourth-order valence-electron chi connectivity index (χ4n) is 0.744. The highest BCUT2D eigenvalue weighted by molar-refractivity contribution is 5.49. The molecule has 0 aliphatic heterocycles. The lowest BCUT2D eigenvalue weighted by molar-refractivity contribution is 1.56. The molecule has 0 aliphatic rings. The first-order valence-electron chi connectivity index (χ1n) is 3.32. The van der Waals surface area contributed by atoms with Crippen molar-refractivity contribution >= 4 is 6.08 Å². The van der Waals surface area contributed by atoms with E-state index in [2.05, 4.69) is 18.6 Å². The smallest absolute Gasteiger partial charge is 0.00506 e. The van der Waals surface area contributed by atoms with Gasteiger partial charge in [0.1, 0.15) is 0 Å². The van der Waals surface area contributed by atoms with Gasteiger partial charge in [-0.3, -0.25) is 0 Å². The normalized spacial score (nSPS) is 10.5. The van der Waals surface area contributed by atoms with Crippen molar-refractivity contribution in [3.05, 3.63) is 48.4 Å². The van der Waals surface area contributed by atoms with Crippen LogP contribution in [0.4, 0.5) is 0 Å². The Balaban J connectivity index is 2.67. The van der Waals surface area contributed by atoms with Crippen LogP contribution < -0.4 is 0 Å². The molecule has 0 aromatic heterocycles. The van der Waals surface area contributed by atoms with Gasteiger partial charge in [-0.15, -0.1) is 0 Å². The predicted molar refractivity (Wildman–Crippen MR) is 44.4 cm³/mol. The fourth-order valence-corrected chi connectivity index (χ4v) is 0.744. The summed E-state index contributed by atoms with van der Waals surface area (Å²) >= 11 is 0. The molecule has 50 valence electrons. The Morgan fingerprint density at radius 1 is 1.20 bits per heavy atom. The Labute approximate surface area is 62.2 Å². The van der Waals surface area contributed by atoms with E-state index in [1.54, 1.807) is 0 Å². The van der Waals surface area contributed by atoms with Gasteiger partial charge in [-0.2, -0.15) is 0 Å². The van der Waals surface area contributed by atoms with Gasteiger partial charge in [-0.05, 0) is 5.56 Å². The topological polar surface area (TPSA) is 0 Å². The van der Waals surface area contributed by atoms with Gasteiger partial charge in [0.2, 0.25) is 0 Å². The second kappa shape index (κ2) is 3.89. The molecule has 1 aromatic rings. The van der Waals surface area contributed by atoms with E-state index in [1.165, 1.54) is 5.56 Å². The number of rotatable bonds is 2. The van der Waals surface area contributed by atoms with Crippen LogP contribution in [-0.4, -0.2) is 0 Å². The minimum Gasteiger partial charge on any atom is -0.0762 e. The van der Waals surface area contributed by atoms with E-state index < -0.39 is 0 Å². The van der Waals surface area contributed by atoms with Crippen LogP contribution in [0.5, 0.6) is 0 Å². The lowest BCUT2D eigenvalue weighted by Gasteiger charge is -1.88. The molecule has 0 N–H and O–H groups in total. The Morgan fingerprint density at radius 3 is 2.50 bits per heavy atom. The molecule has 0 fully saturated rings. The van der Waals surface area contributed by atoms with E-state index in [0.717, 1.165) is 0 Å². The molecule has 0 nitrogen and oxygen atoms in total. The summed E-state index contributed by atoms with van der Waals surface area (Å²) in [5.41, 5.74) is 1.22. The molecule has 0 heteroatoms. The van der Waals surface area contributed by atoms with Gasteiger partial charge in [0.05, 0.1) is 0 Å². The van der Waals surface area contributed by atoms with E-state index in [0.29, 0.717) is 0 Å². The van der Waals surface area contributed by atoms with Gasteiger partial charge < -0.3 is 0 Å². The number of hydrogen-bond donors (Lipinski definition) is 0. The Kier molecular flexibility index (Phi) is 2.75. The minimum atomic E-state index is 1.22. The number of hydrogen-bond acceptors (Lipinski definition) is 0. The zero-order chi connectivity index (χ0) is 7.23. The summed E-state index contributed by atoms with van der Waals surface area (Å²) in [5.74, 6) is 0. The summed E-state index contributed by atoms with van der Waals surface area (Å²) in [6, 6.07) is 10.2. The average Bonchev–Trinajstić information content (AvgIpc) is 2.03. The molecule has 10 heavy (non-hydrogen) atoms. The van der Waals surface area contributed by atoms with Crippen LogP contribution in [0, 0.1) is 6.42 Å². The molecule has 1 aromatic carbocycles. The fraction of sp³-hybridized carbons (Fsp3) is 0.100. The Morgan fingerprint density at radius 2 is 1.90 bits per heavy atom. The lowest BCUT2D eigenvalue weighted by atomic mass is 10.2. The van der Waals surface area contributed by atoms with E-state index in [-0.39, 0.29) is 0 Å². The summed E-state index contributed by atoms with van der Waals surface area (Å²) < 4.78 is 0. The van der Waals surface area contributed by atoms with Gasteiger partial charge >= 0.3 is 0 Å². The van der Waals surface area contributed by atoms with Crippen LogP contribution in [0.15, 0.2) is 36.4 Å². The van der Waals surface area contributed by atoms with Gasteiger partial charge in [-0.1, -0.05) is 49.4 Å². The third-order valence-corrected chi connectivity index (χ3v) is 1.24. The first-order valence-corrected chi connectivity index (χ1v) is 3.32. The summed E-state index contributed by atoms with van der Waals surface area (Å²) in [6.07, 6.45) is 6.88. The minimum absolute atomic E-state index is 1.22. The highest BCUT2D eigenvalue weighted by atomic mass is 13.8. The highest BCUT2D eigenvalue weighted by Gasteiger charge is 1.79. The van der Waals surface area contributed by atoms with Crippen LogP contribution in [0.1, 0.15) is 12.5 Å². The van der Waals surface area contributed by atoms with Crippen LogP contribution >= 0.6 is 0 Å². The summed E-state index contributed by atoms with van der Waals surface area (Å²) in [6.45, 7) is 1.89. The quantitative estimate of drug-likeness (QED) is 0.577. The second-order valence-corrected chi connectivity index (χ2v) is 2.03. The van der Waals surface area contributed by atoms with Crippen molar-refractivity contribution in [2.75, 3.05) is 0 Å². The van der Waals surface area contributed by atoms with Crippen LogP contribution in [0.2, 0.25) is 0 Å². The van der Waals surface area contributed by atoms with Crippen LogP contribution in [0.25, 0.3) is 6.08 Å². The molecule has 0 atom stereocenters. The van der Waals surface area contributed by atoms with Crippen molar-refractivity contribution < 1.29 is 0 Å². The van der Waals surface area contributed by atoms with Gasteiger partial charge in [0.15, 0.2) is 0 Å². The molecule has 0 amide bonds. The SMILES string of the molecule is C[C]C=Cc1ccccc1. The molecule has 1 rings (SSSR count). The van der Waals surface area contributed by atoms with Crippen molar-refractivity contribution in [1.82, 2.24) is 0 Å². The van der Waals surface area contributed by atoms with Crippen molar-refractivity contribution in [2.45, 2.75) is 6.92 Å². The standard InChI is InChI=1S/C10H10/c1-2-3-7-10-8-5-4-6-9-10/h3-9H,1H3. The van der Waals surface area contributed by atoms with E-state index in [4.69, 9.17) is 0 Å². The largest absolute Gasteiger partial charge is 0.0762 e. The highest BCUT2D eigenvalue weighted by Crippen LogP contribution is 2.00. The molecule has 0 unspecified atom stereocenters. The van der Waals surface area contributed by atoms with Crippen molar-refractivity contribution in [3.63, 3.8) is 0 Å². The third kappa shape index (κ3) is 2.06. The summed E-state index contributed by atoms with van der Waals surface area (Å²) in [7, 11) is 0. The van der Waals surface area contributed by atoms with E-state index >= 15 is 0 Å². The maximum Gasteiger partial charge on any atom is 0.00506 e. The summed E-state index contributed by atoms with van der Waals surface area (Å²) in [5, 5.41) is 0. The van der Waals surface area contributed by atoms with Crippen molar-refractivity contribution in [1.29, 1.82) is 0 Å². The second-order valence-electron chi connectivity index (χ2n) is 2.03. The first kappa shape index (κ1) is 7.07. The summed E-state index contributed by atoms with van der Waals surface area (Å²) in [4.78, 5) is 0. The molecule has 2 radical (unpaired) electrons.